The molecule has 2 atom stereocenters. The molecule has 0 bridgehead atoms. The van der Waals surface area contributed by atoms with Crippen molar-refractivity contribution in [2.45, 2.75) is 56.6 Å². The Balaban J connectivity index is 1.26. The van der Waals surface area contributed by atoms with E-state index in [2.05, 4.69) is 24.1 Å². The van der Waals surface area contributed by atoms with Gasteiger partial charge < -0.3 is 10.1 Å². The summed E-state index contributed by atoms with van der Waals surface area (Å²) in [7, 11) is -3.73. The lowest BCUT2D eigenvalue weighted by Gasteiger charge is -2.50. The number of ether oxygens (including phenoxy) is 1. The number of hydrogen-bond donors (Lipinski definition) is 1. The number of thiazole rings is 1. The van der Waals surface area contributed by atoms with Gasteiger partial charge in [0.15, 0.2) is 5.13 Å². The number of nitrogens with one attached hydrogen (secondary N) is 1. The van der Waals surface area contributed by atoms with Gasteiger partial charge in [-0.25, -0.2) is 17.8 Å². The van der Waals surface area contributed by atoms with E-state index in [1.807, 2.05) is 29.3 Å². The van der Waals surface area contributed by atoms with Gasteiger partial charge in [0.1, 0.15) is 5.82 Å². The highest BCUT2D eigenvalue weighted by molar-refractivity contribution is 7.89. The lowest BCUT2D eigenvalue weighted by Crippen LogP contribution is -2.64. The van der Waals surface area contributed by atoms with E-state index in [-0.39, 0.29) is 30.9 Å². The molecule has 1 N–H and O–H groups in total. The number of amides is 1. The van der Waals surface area contributed by atoms with Crippen LogP contribution in [0.2, 0.25) is 0 Å². The SMILES string of the molecule is Cc1ccc(S(=O)(=O)N2CC3(CCCN(CC(=O)Nc4nc(-c5ccc(F)cc5)cs4)C3)OC[C@@H]2CC(C)C)cc1. The second-order valence-electron chi connectivity index (χ2n) is 11.5. The van der Waals surface area contributed by atoms with Gasteiger partial charge in [0.25, 0.3) is 0 Å². The zero-order chi connectivity index (χ0) is 29.2. The molecule has 2 saturated heterocycles. The summed E-state index contributed by atoms with van der Waals surface area (Å²) in [6.07, 6.45) is 2.24. The van der Waals surface area contributed by atoms with Crippen LogP contribution in [0.3, 0.4) is 0 Å². The molecular weight excluding hydrogens is 563 g/mol. The third-order valence-corrected chi connectivity index (χ3v) is 10.4. The van der Waals surface area contributed by atoms with Crippen LogP contribution in [0.25, 0.3) is 11.3 Å². The number of aryl methyl sites for hydroxylation is 1. The summed E-state index contributed by atoms with van der Waals surface area (Å²) in [5, 5.41) is 5.17. The fourth-order valence-electron chi connectivity index (χ4n) is 5.69. The number of rotatable bonds is 8. The molecule has 8 nitrogen and oxygen atoms in total. The van der Waals surface area contributed by atoms with Crippen molar-refractivity contribution < 1.29 is 22.3 Å². The summed E-state index contributed by atoms with van der Waals surface area (Å²) in [6, 6.07) is 12.8. The van der Waals surface area contributed by atoms with Crippen molar-refractivity contribution in [3.05, 3.63) is 65.3 Å². The number of hydrogen-bond acceptors (Lipinski definition) is 7. The second-order valence-corrected chi connectivity index (χ2v) is 14.3. The van der Waals surface area contributed by atoms with Crippen molar-refractivity contribution >= 4 is 32.4 Å². The van der Waals surface area contributed by atoms with Crippen LogP contribution in [-0.2, 0) is 19.6 Å². The van der Waals surface area contributed by atoms with Crippen molar-refractivity contribution in [1.82, 2.24) is 14.2 Å². The Morgan fingerprint density at radius 1 is 1.17 bits per heavy atom. The molecule has 0 aliphatic carbocycles. The molecule has 2 aromatic carbocycles. The number of nitrogens with zero attached hydrogens (tertiary/aromatic N) is 3. The molecule has 2 aliphatic rings. The van der Waals surface area contributed by atoms with Crippen LogP contribution in [0, 0.1) is 18.7 Å². The van der Waals surface area contributed by atoms with Crippen molar-refractivity contribution in [3.63, 3.8) is 0 Å². The van der Waals surface area contributed by atoms with E-state index in [4.69, 9.17) is 4.74 Å². The Labute approximate surface area is 245 Å². The van der Waals surface area contributed by atoms with Crippen LogP contribution in [0.5, 0.6) is 0 Å². The maximum Gasteiger partial charge on any atom is 0.243 e. The first-order chi connectivity index (χ1) is 19.5. The highest BCUT2D eigenvalue weighted by Crippen LogP contribution is 2.35. The first-order valence-electron chi connectivity index (χ1n) is 14.0. The van der Waals surface area contributed by atoms with Crippen LogP contribution in [0.1, 0.15) is 38.7 Å². The molecule has 1 amide bonds. The van der Waals surface area contributed by atoms with Crippen LogP contribution < -0.4 is 5.32 Å². The minimum Gasteiger partial charge on any atom is -0.371 e. The second kappa shape index (κ2) is 12.3. The van der Waals surface area contributed by atoms with Gasteiger partial charge >= 0.3 is 0 Å². The minimum atomic E-state index is -3.73. The van der Waals surface area contributed by atoms with Crippen LogP contribution >= 0.6 is 11.3 Å². The van der Waals surface area contributed by atoms with Crippen molar-refractivity contribution in [1.29, 1.82) is 0 Å². The molecule has 1 spiro atoms. The zero-order valence-electron chi connectivity index (χ0n) is 23.7. The van der Waals surface area contributed by atoms with Crippen LogP contribution in [-0.4, -0.2) is 72.9 Å². The number of carbonyl (C=O) groups is 1. The highest BCUT2D eigenvalue weighted by atomic mass is 32.2. The van der Waals surface area contributed by atoms with E-state index >= 15 is 0 Å². The largest absolute Gasteiger partial charge is 0.371 e. The topological polar surface area (TPSA) is 91.8 Å². The molecule has 11 heteroatoms. The van der Waals surface area contributed by atoms with E-state index < -0.39 is 15.6 Å². The Bertz CT molecular complexity index is 1460. The zero-order valence-corrected chi connectivity index (χ0v) is 25.3. The molecule has 1 unspecified atom stereocenters. The normalized spacial score (nSPS) is 22.3. The Morgan fingerprint density at radius 2 is 1.90 bits per heavy atom. The molecule has 220 valence electrons. The molecule has 2 aliphatic heterocycles. The monoisotopic (exact) mass is 600 g/mol. The van der Waals surface area contributed by atoms with Gasteiger partial charge in [-0.2, -0.15) is 4.31 Å². The van der Waals surface area contributed by atoms with E-state index in [0.717, 1.165) is 30.5 Å². The summed E-state index contributed by atoms with van der Waals surface area (Å²) in [5.41, 5.74) is 1.77. The third kappa shape index (κ3) is 7.03. The molecule has 3 heterocycles. The lowest BCUT2D eigenvalue weighted by molar-refractivity contribution is -0.146. The molecule has 0 saturated carbocycles. The molecule has 0 radical (unpaired) electrons. The molecule has 5 rings (SSSR count). The van der Waals surface area contributed by atoms with Gasteiger partial charge in [-0.3, -0.25) is 9.69 Å². The quantitative estimate of drug-likeness (QED) is 0.384. The summed E-state index contributed by atoms with van der Waals surface area (Å²) in [6.45, 7) is 8.04. The third-order valence-electron chi connectivity index (χ3n) is 7.68. The number of likely N-dealkylation sites (tertiary alicyclic amines) is 1. The Morgan fingerprint density at radius 3 is 2.61 bits per heavy atom. The minimum absolute atomic E-state index is 0.150. The van der Waals surface area contributed by atoms with Gasteiger partial charge in [0, 0.05) is 30.1 Å². The predicted octanol–water partition coefficient (Wildman–Crippen LogP) is 5.17. The molecule has 2 fully saturated rings. The summed E-state index contributed by atoms with van der Waals surface area (Å²) < 4.78 is 49.1. The maximum absolute atomic E-state index is 13.9. The maximum atomic E-state index is 13.9. The van der Waals surface area contributed by atoms with Crippen LogP contribution in [0.15, 0.2) is 58.8 Å². The average molecular weight is 601 g/mol. The van der Waals surface area contributed by atoms with Gasteiger partial charge in [-0.15, -0.1) is 11.3 Å². The smallest absolute Gasteiger partial charge is 0.243 e. The van der Waals surface area contributed by atoms with Gasteiger partial charge in [-0.1, -0.05) is 31.5 Å². The number of halogens is 1. The number of benzene rings is 2. The number of aromatic nitrogens is 1. The first kappa shape index (κ1) is 29.8. The van der Waals surface area contributed by atoms with Gasteiger partial charge in [0.05, 0.1) is 29.3 Å². The molecule has 1 aromatic heterocycles. The van der Waals surface area contributed by atoms with E-state index in [1.54, 1.807) is 28.6 Å². The lowest BCUT2D eigenvalue weighted by atomic mass is 9.89. The summed E-state index contributed by atoms with van der Waals surface area (Å²) in [4.78, 5) is 19.8. The fourth-order valence-corrected chi connectivity index (χ4v) is 8.12. The van der Waals surface area contributed by atoms with Gasteiger partial charge in [0.2, 0.25) is 15.9 Å². The van der Waals surface area contributed by atoms with E-state index in [1.165, 1.54) is 23.5 Å². The Kier molecular flexibility index (Phi) is 8.91. The first-order valence-corrected chi connectivity index (χ1v) is 16.3. The van der Waals surface area contributed by atoms with Crippen molar-refractivity contribution in [2.75, 3.05) is 38.1 Å². The summed E-state index contributed by atoms with van der Waals surface area (Å²) in [5.74, 6) is -0.195. The van der Waals surface area contributed by atoms with E-state index in [0.29, 0.717) is 41.2 Å². The van der Waals surface area contributed by atoms with Crippen molar-refractivity contribution in [3.8, 4) is 11.3 Å². The predicted molar refractivity (Wildman–Crippen MR) is 159 cm³/mol. The summed E-state index contributed by atoms with van der Waals surface area (Å²) >= 11 is 1.31. The molecular formula is C30H37FN4O4S2. The molecule has 3 aromatic rings. The highest BCUT2D eigenvalue weighted by Gasteiger charge is 2.47. The standard InChI is InChI=1S/C30H37FN4O4S2/c1-21(2)15-25-17-39-30(20-35(25)41(37,38)26-11-5-22(3)6-12-26)13-4-14-34(19-30)16-28(36)33-29-32-27(18-40-29)23-7-9-24(31)10-8-23/h5-12,18,21,25H,4,13-17,19-20H2,1-3H3,(H,32,33,36)/t25-,30?/m0/s1. The van der Waals surface area contributed by atoms with Gasteiger partial charge in [-0.05, 0) is 75.0 Å². The number of piperidine rings is 1. The fraction of sp³-hybridized carbons (Fsp3) is 0.467. The number of anilines is 1. The molecule has 41 heavy (non-hydrogen) atoms. The number of sulfonamides is 1. The average Bonchev–Trinajstić information content (AvgIpc) is 3.38. The Hall–Kier alpha value is -2.70. The van der Waals surface area contributed by atoms with E-state index in [9.17, 15) is 17.6 Å². The van der Waals surface area contributed by atoms with Crippen LogP contribution in [0.4, 0.5) is 9.52 Å². The number of carbonyl (C=O) groups excluding carboxylic acids is 1. The number of morpholine rings is 1. The van der Waals surface area contributed by atoms with Crippen molar-refractivity contribution in [2.24, 2.45) is 5.92 Å².